The summed E-state index contributed by atoms with van der Waals surface area (Å²) < 4.78 is 59.5. The highest BCUT2D eigenvalue weighted by atomic mass is 32.2. The predicted molar refractivity (Wildman–Crippen MR) is 120 cm³/mol. The summed E-state index contributed by atoms with van der Waals surface area (Å²) in [6.45, 7) is 1.12. The number of halogens is 2. The van der Waals surface area contributed by atoms with Gasteiger partial charge in [0, 0.05) is 30.1 Å². The number of rotatable bonds is 5. The van der Waals surface area contributed by atoms with E-state index in [1.807, 2.05) is 4.72 Å². The normalized spacial score (nSPS) is 11.4. The van der Waals surface area contributed by atoms with Crippen LogP contribution in [0.2, 0.25) is 0 Å². The zero-order chi connectivity index (χ0) is 23.8. The number of hydrogen-bond donors (Lipinski definition) is 1. The van der Waals surface area contributed by atoms with Crippen LogP contribution in [0.15, 0.2) is 71.8 Å². The van der Waals surface area contributed by atoms with E-state index in [2.05, 4.69) is 4.98 Å². The molecular formula is C24H18F2N2O4S. The number of sulfonamides is 1. The molecule has 6 nitrogen and oxygen atoms in total. The highest BCUT2D eigenvalue weighted by molar-refractivity contribution is 7.90. The van der Waals surface area contributed by atoms with Gasteiger partial charge in [-0.25, -0.2) is 21.9 Å². The monoisotopic (exact) mass is 468 g/mol. The van der Waals surface area contributed by atoms with E-state index in [-0.39, 0.29) is 4.90 Å². The molecule has 0 fully saturated rings. The third-order valence-electron chi connectivity index (χ3n) is 4.98. The van der Waals surface area contributed by atoms with Crippen molar-refractivity contribution < 1.29 is 26.7 Å². The van der Waals surface area contributed by atoms with Crippen molar-refractivity contribution in [2.45, 2.75) is 11.8 Å². The molecule has 0 aliphatic rings. The minimum Gasteiger partial charge on any atom is -0.496 e. The summed E-state index contributed by atoms with van der Waals surface area (Å²) in [6, 6.07) is 14.4. The molecule has 0 aliphatic heterocycles. The van der Waals surface area contributed by atoms with Gasteiger partial charge >= 0.3 is 0 Å². The molecule has 0 saturated carbocycles. The Morgan fingerprint density at radius 1 is 0.939 bits per heavy atom. The number of hydrogen-bond acceptors (Lipinski definition) is 5. The van der Waals surface area contributed by atoms with Gasteiger partial charge in [0.25, 0.3) is 10.0 Å². The molecule has 4 rings (SSSR count). The smallest absolute Gasteiger partial charge is 0.264 e. The van der Waals surface area contributed by atoms with Crippen molar-refractivity contribution in [1.82, 2.24) is 9.71 Å². The Kier molecular flexibility index (Phi) is 5.82. The molecule has 1 heterocycles. The molecule has 0 unspecified atom stereocenters. The Morgan fingerprint density at radius 3 is 2.33 bits per heavy atom. The molecule has 0 aliphatic carbocycles. The minimum atomic E-state index is -3.99. The Morgan fingerprint density at radius 2 is 1.67 bits per heavy atom. The standard InChI is InChI=1S/C24H18F2N2O4S/c1-14(29)28-33(30,31)20-4-6-21-16(11-20)7-8-27-24(21)22-5-3-15(12-23(22)32-2)17-9-18(25)13-19(26)10-17/h3-13H,1-2H3,(H,28,29). The first-order valence-corrected chi connectivity index (χ1v) is 11.2. The third kappa shape index (κ3) is 4.54. The Balaban J connectivity index is 1.82. The molecule has 168 valence electrons. The van der Waals surface area contributed by atoms with E-state index in [4.69, 9.17) is 4.74 Å². The van der Waals surface area contributed by atoms with Gasteiger partial charge in [0.15, 0.2) is 0 Å². The zero-order valence-electron chi connectivity index (χ0n) is 17.6. The van der Waals surface area contributed by atoms with Crippen molar-refractivity contribution >= 4 is 26.7 Å². The number of benzene rings is 3. The van der Waals surface area contributed by atoms with Gasteiger partial charge in [0.05, 0.1) is 17.7 Å². The van der Waals surface area contributed by atoms with Gasteiger partial charge in [-0.2, -0.15) is 0 Å². The number of nitrogens with one attached hydrogen (secondary N) is 1. The number of methoxy groups -OCH3 is 1. The molecule has 9 heteroatoms. The second-order valence-corrected chi connectivity index (χ2v) is 8.96. The summed E-state index contributed by atoms with van der Waals surface area (Å²) in [6.07, 6.45) is 1.53. The van der Waals surface area contributed by atoms with Crippen LogP contribution in [0.5, 0.6) is 5.75 Å². The highest BCUT2D eigenvalue weighted by Gasteiger charge is 2.18. The topological polar surface area (TPSA) is 85.4 Å². The minimum absolute atomic E-state index is 0.0576. The van der Waals surface area contributed by atoms with Gasteiger partial charge in [-0.3, -0.25) is 9.78 Å². The van der Waals surface area contributed by atoms with E-state index in [9.17, 15) is 22.0 Å². The third-order valence-corrected chi connectivity index (χ3v) is 6.41. The number of ether oxygens (including phenoxy) is 1. The lowest BCUT2D eigenvalue weighted by atomic mass is 9.99. The van der Waals surface area contributed by atoms with Crippen LogP contribution >= 0.6 is 0 Å². The van der Waals surface area contributed by atoms with Crippen LogP contribution in [-0.2, 0) is 14.8 Å². The lowest BCUT2D eigenvalue weighted by Crippen LogP contribution is -2.28. The van der Waals surface area contributed by atoms with Gasteiger partial charge in [-0.05, 0) is 59.0 Å². The van der Waals surface area contributed by atoms with Gasteiger partial charge in [0.2, 0.25) is 5.91 Å². The molecule has 4 aromatic rings. The van der Waals surface area contributed by atoms with E-state index in [0.29, 0.717) is 38.9 Å². The summed E-state index contributed by atoms with van der Waals surface area (Å²) in [4.78, 5) is 15.6. The second-order valence-electron chi connectivity index (χ2n) is 7.28. The molecule has 0 atom stereocenters. The quantitative estimate of drug-likeness (QED) is 0.460. The maximum atomic E-state index is 13.7. The number of carbonyl (C=O) groups excluding carboxylic acids is 1. The lowest BCUT2D eigenvalue weighted by molar-refractivity contribution is -0.117. The van der Waals surface area contributed by atoms with Crippen molar-refractivity contribution in [2.75, 3.05) is 7.11 Å². The summed E-state index contributed by atoms with van der Waals surface area (Å²) in [5, 5.41) is 1.24. The van der Waals surface area contributed by atoms with E-state index < -0.39 is 27.6 Å². The van der Waals surface area contributed by atoms with Gasteiger partial charge in [-0.15, -0.1) is 0 Å². The van der Waals surface area contributed by atoms with Crippen LogP contribution < -0.4 is 9.46 Å². The molecule has 1 aromatic heterocycles. The summed E-state index contributed by atoms with van der Waals surface area (Å²) in [7, 11) is -2.52. The number of amides is 1. The predicted octanol–water partition coefficient (Wildman–Crippen LogP) is 4.68. The van der Waals surface area contributed by atoms with E-state index in [1.165, 1.54) is 37.6 Å². The number of carbonyl (C=O) groups is 1. The maximum absolute atomic E-state index is 13.7. The van der Waals surface area contributed by atoms with Crippen molar-refractivity contribution in [2.24, 2.45) is 0 Å². The number of nitrogens with zero attached hydrogens (tertiary/aromatic N) is 1. The van der Waals surface area contributed by atoms with Crippen molar-refractivity contribution in [3.8, 4) is 28.1 Å². The Labute approximate surface area is 188 Å². The molecule has 1 amide bonds. The molecular weight excluding hydrogens is 450 g/mol. The van der Waals surface area contributed by atoms with Crippen LogP contribution in [0, 0.1) is 11.6 Å². The molecule has 33 heavy (non-hydrogen) atoms. The van der Waals surface area contributed by atoms with Gasteiger partial charge < -0.3 is 4.74 Å². The first kappa shape index (κ1) is 22.3. The zero-order valence-corrected chi connectivity index (χ0v) is 18.4. The first-order chi connectivity index (χ1) is 15.7. The number of pyridine rings is 1. The largest absolute Gasteiger partial charge is 0.496 e. The molecule has 0 saturated heterocycles. The fourth-order valence-electron chi connectivity index (χ4n) is 3.57. The molecule has 0 radical (unpaired) electrons. The van der Waals surface area contributed by atoms with Crippen LogP contribution in [0.4, 0.5) is 8.78 Å². The average Bonchev–Trinajstić information content (AvgIpc) is 2.76. The SMILES string of the molecule is COc1cc(-c2cc(F)cc(F)c2)ccc1-c1nccc2cc(S(=O)(=O)NC(C)=O)ccc12. The second kappa shape index (κ2) is 8.59. The van der Waals surface area contributed by atoms with Gasteiger partial charge in [-0.1, -0.05) is 12.1 Å². The van der Waals surface area contributed by atoms with E-state index in [1.54, 1.807) is 30.3 Å². The first-order valence-electron chi connectivity index (χ1n) is 9.75. The van der Waals surface area contributed by atoms with E-state index >= 15 is 0 Å². The number of fused-ring (bicyclic) bond motifs is 1. The van der Waals surface area contributed by atoms with Crippen LogP contribution in [0.25, 0.3) is 33.2 Å². The molecule has 0 bridgehead atoms. The molecule has 1 N–H and O–H groups in total. The van der Waals surface area contributed by atoms with Crippen molar-refractivity contribution in [1.29, 1.82) is 0 Å². The van der Waals surface area contributed by atoms with Crippen molar-refractivity contribution in [3.63, 3.8) is 0 Å². The van der Waals surface area contributed by atoms with Crippen molar-refractivity contribution in [3.05, 3.63) is 78.5 Å². The van der Waals surface area contributed by atoms with Crippen LogP contribution in [-0.4, -0.2) is 26.4 Å². The Bertz CT molecular complexity index is 1480. The number of aromatic nitrogens is 1. The van der Waals surface area contributed by atoms with E-state index in [0.717, 1.165) is 13.0 Å². The fourth-order valence-corrected chi connectivity index (χ4v) is 4.60. The summed E-state index contributed by atoms with van der Waals surface area (Å²) in [5.74, 6) is -1.64. The molecule has 0 spiro atoms. The Hall–Kier alpha value is -3.85. The van der Waals surface area contributed by atoms with Crippen LogP contribution in [0.1, 0.15) is 6.92 Å². The highest BCUT2D eigenvalue weighted by Crippen LogP contribution is 2.37. The lowest BCUT2D eigenvalue weighted by Gasteiger charge is -2.13. The summed E-state index contributed by atoms with van der Waals surface area (Å²) in [5.41, 5.74) is 2.06. The summed E-state index contributed by atoms with van der Waals surface area (Å²) >= 11 is 0. The maximum Gasteiger partial charge on any atom is 0.264 e. The van der Waals surface area contributed by atoms with Crippen LogP contribution in [0.3, 0.4) is 0 Å². The fraction of sp³-hybridized carbons (Fsp3) is 0.0833. The molecule has 3 aromatic carbocycles. The van der Waals surface area contributed by atoms with Gasteiger partial charge in [0.1, 0.15) is 17.4 Å². The average molecular weight is 468 g/mol.